The maximum atomic E-state index is 11.7. The van der Waals surface area contributed by atoms with Gasteiger partial charge in [-0.25, -0.2) is 0 Å². The molecule has 2 aliphatic heterocycles. The molecule has 26 heavy (non-hydrogen) atoms. The third kappa shape index (κ3) is 7.58. The monoisotopic (exact) mass is 480 g/mol. The topological polar surface area (TPSA) is 57.2 Å². The van der Waals surface area contributed by atoms with Crippen LogP contribution in [0.4, 0.5) is 0 Å². The summed E-state index contributed by atoms with van der Waals surface area (Å²) in [5, 5.41) is 3.40. The minimum atomic E-state index is -0.0718. The number of nitrogens with zero attached hydrogens (tertiary/aromatic N) is 3. The van der Waals surface area contributed by atoms with E-state index >= 15 is 0 Å². The second-order valence-corrected chi connectivity index (χ2v) is 7.40. The van der Waals surface area contributed by atoms with Crippen LogP contribution in [0.25, 0.3) is 0 Å². The zero-order chi connectivity index (χ0) is 18.1. The molecule has 0 saturated carbocycles. The van der Waals surface area contributed by atoms with Crippen LogP contribution in [0.1, 0.15) is 46.0 Å². The highest BCUT2D eigenvalue weighted by atomic mass is 127. The Kier molecular flexibility index (Phi) is 11.5. The van der Waals surface area contributed by atoms with Crippen molar-refractivity contribution in [3.8, 4) is 0 Å². The van der Waals surface area contributed by atoms with Gasteiger partial charge in [0.2, 0.25) is 0 Å². The number of likely N-dealkylation sites (tertiary alicyclic amines) is 2. The SMILES string of the molecule is CCNC(=NCCCN1CCC(C)CC1)N1CCC(C(=O)OC)CC1.I. The largest absolute Gasteiger partial charge is 0.469 e. The number of carbonyl (C=O) groups is 1. The second kappa shape index (κ2) is 12.8. The molecule has 2 saturated heterocycles. The van der Waals surface area contributed by atoms with Gasteiger partial charge in [0.05, 0.1) is 13.0 Å². The molecule has 2 fully saturated rings. The van der Waals surface area contributed by atoms with Crippen LogP contribution >= 0.6 is 24.0 Å². The zero-order valence-electron chi connectivity index (χ0n) is 16.7. The molecule has 2 heterocycles. The fourth-order valence-electron chi connectivity index (χ4n) is 3.68. The number of ether oxygens (including phenoxy) is 1. The summed E-state index contributed by atoms with van der Waals surface area (Å²) < 4.78 is 4.87. The average molecular weight is 480 g/mol. The highest BCUT2D eigenvalue weighted by molar-refractivity contribution is 14.0. The number of aliphatic imine (C=N–C) groups is 1. The lowest BCUT2D eigenvalue weighted by Gasteiger charge is -2.33. The molecule has 0 amide bonds. The van der Waals surface area contributed by atoms with E-state index in [1.165, 1.54) is 33.0 Å². The highest BCUT2D eigenvalue weighted by Crippen LogP contribution is 2.19. The number of nitrogens with one attached hydrogen (secondary N) is 1. The van der Waals surface area contributed by atoms with Crippen LogP contribution in [-0.2, 0) is 9.53 Å². The first-order valence-corrected chi connectivity index (χ1v) is 9.97. The minimum absolute atomic E-state index is 0. The molecular formula is C19H37IN4O2. The first-order valence-electron chi connectivity index (χ1n) is 9.97. The summed E-state index contributed by atoms with van der Waals surface area (Å²) in [5.41, 5.74) is 0. The third-order valence-electron chi connectivity index (χ3n) is 5.43. The Morgan fingerprint density at radius 3 is 2.38 bits per heavy atom. The number of esters is 1. The molecule has 0 aromatic heterocycles. The number of guanidine groups is 1. The summed E-state index contributed by atoms with van der Waals surface area (Å²) in [7, 11) is 1.48. The number of rotatable bonds is 6. The van der Waals surface area contributed by atoms with E-state index < -0.39 is 0 Å². The number of hydrogen-bond donors (Lipinski definition) is 1. The molecule has 0 unspecified atom stereocenters. The van der Waals surface area contributed by atoms with Crippen molar-refractivity contribution in [1.82, 2.24) is 15.1 Å². The molecule has 2 aliphatic rings. The fraction of sp³-hybridized carbons (Fsp3) is 0.895. The summed E-state index contributed by atoms with van der Waals surface area (Å²) in [5.74, 6) is 1.86. The van der Waals surface area contributed by atoms with Crippen molar-refractivity contribution in [2.45, 2.75) is 46.0 Å². The van der Waals surface area contributed by atoms with Crippen LogP contribution < -0.4 is 5.32 Å². The van der Waals surface area contributed by atoms with Gasteiger partial charge < -0.3 is 19.9 Å². The van der Waals surface area contributed by atoms with E-state index in [9.17, 15) is 4.79 Å². The maximum absolute atomic E-state index is 11.7. The van der Waals surface area contributed by atoms with Crippen molar-refractivity contribution in [1.29, 1.82) is 0 Å². The normalized spacial score (nSPS) is 20.6. The van der Waals surface area contributed by atoms with Gasteiger partial charge in [-0.05, 0) is 64.6 Å². The smallest absolute Gasteiger partial charge is 0.308 e. The van der Waals surface area contributed by atoms with Gasteiger partial charge in [-0.3, -0.25) is 9.79 Å². The predicted octanol–water partition coefficient (Wildman–Crippen LogP) is 2.58. The Hall–Kier alpha value is -0.570. The van der Waals surface area contributed by atoms with Crippen LogP contribution in [0, 0.1) is 11.8 Å². The number of halogens is 1. The molecule has 0 spiro atoms. The Bertz CT molecular complexity index is 431. The van der Waals surface area contributed by atoms with Crippen molar-refractivity contribution in [2.75, 3.05) is 52.9 Å². The van der Waals surface area contributed by atoms with Crippen molar-refractivity contribution >= 4 is 35.9 Å². The Balaban J connectivity index is 0.00000338. The van der Waals surface area contributed by atoms with Crippen LogP contribution in [0.3, 0.4) is 0 Å². The predicted molar refractivity (Wildman–Crippen MR) is 117 cm³/mol. The lowest BCUT2D eigenvalue weighted by molar-refractivity contribution is -0.146. The van der Waals surface area contributed by atoms with Gasteiger partial charge in [0.15, 0.2) is 5.96 Å². The summed E-state index contributed by atoms with van der Waals surface area (Å²) in [6.45, 7) is 11.6. The molecule has 0 bridgehead atoms. The lowest BCUT2D eigenvalue weighted by Crippen LogP contribution is -2.46. The summed E-state index contributed by atoms with van der Waals surface area (Å²) >= 11 is 0. The van der Waals surface area contributed by atoms with Crippen LogP contribution in [0.5, 0.6) is 0 Å². The van der Waals surface area contributed by atoms with E-state index in [-0.39, 0.29) is 35.9 Å². The third-order valence-corrected chi connectivity index (χ3v) is 5.43. The van der Waals surface area contributed by atoms with E-state index in [0.717, 1.165) is 63.9 Å². The van der Waals surface area contributed by atoms with E-state index in [1.54, 1.807) is 0 Å². The van der Waals surface area contributed by atoms with E-state index in [1.807, 2.05) is 0 Å². The molecule has 0 aromatic carbocycles. The molecule has 7 heteroatoms. The molecule has 0 atom stereocenters. The highest BCUT2D eigenvalue weighted by Gasteiger charge is 2.26. The Labute approximate surface area is 176 Å². The molecular weight excluding hydrogens is 443 g/mol. The first-order chi connectivity index (χ1) is 12.1. The van der Waals surface area contributed by atoms with Gasteiger partial charge in [0.25, 0.3) is 0 Å². The van der Waals surface area contributed by atoms with Crippen molar-refractivity contribution in [3.05, 3.63) is 0 Å². The molecule has 0 aliphatic carbocycles. The summed E-state index contributed by atoms with van der Waals surface area (Å²) in [4.78, 5) is 21.3. The fourth-order valence-corrected chi connectivity index (χ4v) is 3.68. The molecule has 2 rings (SSSR count). The quantitative estimate of drug-likeness (QED) is 0.208. The summed E-state index contributed by atoms with van der Waals surface area (Å²) in [6.07, 6.45) is 5.48. The maximum Gasteiger partial charge on any atom is 0.308 e. The van der Waals surface area contributed by atoms with Gasteiger partial charge in [0, 0.05) is 26.2 Å². The number of methoxy groups -OCH3 is 1. The number of hydrogen-bond acceptors (Lipinski definition) is 4. The Morgan fingerprint density at radius 1 is 1.15 bits per heavy atom. The van der Waals surface area contributed by atoms with Crippen LogP contribution in [-0.4, -0.2) is 74.7 Å². The van der Waals surface area contributed by atoms with E-state index in [2.05, 4.69) is 29.0 Å². The molecule has 0 radical (unpaired) electrons. The summed E-state index contributed by atoms with van der Waals surface area (Å²) in [6, 6.07) is 0. The van der Waals surface area contributed by atoms with Crippen molar-refractivity contribution < 1.29 is 9.53 Å². The molecule has 152 valence electrons. The van der Waals surface area contributed by atoms with Gasteiger partial charge in [-0.2, -0.15) is 0 Å². The van der Waals surface area contributed by atoms with Gasteiger partial charge in [-0.15, -0.1) is 24.0 Å². The van der Waals surface area contributed by atoms with Crippen LogP contribution in [0.2, 0.25) is 0 Å². The molecule has 0 aromatic rings. The first kappa shape index (κ1) is 23.5. The lowest BCUT2D eigenvalue weighted by atomic mass is 9.97. The average Bonchev–Trinajstić information content (AvgIpc) is 2.65. The standard InChI is InChI=1S/C19H36N4O2.HI/c1-4-20-19(23-14-8-17(9-15-23)18(24)25-3)21-10-5-11-22-12-6-16(2)7-13-22;/h16-17H,4-15H2,1-3H3,(H,20,21);1H. The number of carbonyl (C=O) groups excluding carboxylic acids is 1. The van der Waals surface area contributed by atoms with E-state index in [4.69, 9.17) is 9.73 Å². The second-order valence-electron chi connectivity index (χ2n) is 7.40. The van der Waals surface area contributed by atoms with Crippen molar-refractivity contribution in [3.63, 3.8) is 0 Å². The minimum Gasteiger partial charge on any atom is -0.469 e. The molecule has 6 nitrogen and oxygen atoms in total. The van der Waals surface area contributed by atoms with Crippen molar-refractivity contribution in [2.24, 2.45) is 16.8 Å². The van der Waals surface area contributed by atoms with Gasteiger partial charge in [-0.1, -0.05) is 6.92 Å². The molecule has 1 N–H and O–H groups in total. The Morgan fingerprint density at radius 2 is 1.81 bits per heavy atom. The zero-order valence-corrected chi connectivity index (χ0v) is 19.0. The van der Waals surface area contributed by atoms with E-state index in [0.29, 0.717) is 0 Å². The number of piperidine rings is 2. The van der Waals surface area contributed by atoms with Gasteiger partial charge in [0.1, 0.15) is 0 Å². The van der Waals surface area contributed by atoms with Crippen LogP contribution in [0.15, 0.2) is 4.99 Å². The van der Waals surface area contributed by atoms with Gasteiger partial charge >= 0.3 is 5.97 Å².